The van der Waals surface area contributed by atoms with E-state index in [-0.39, 0.29) is 0 Å². The summed E-state index contributed by atoms with van der Waals surface area (Å²) in [4.78, 5) is 34.3. The van der Waals surface area contributed by atoms with Crippen LogP contribution in [0.25, 0.3) is 0 Å². The summed E-state index contributed by atoms with van der Waals surface area (Å²) in [6.07, 6.45) is 23.4. The van der Waals surface area contributed by atoms with Gasteiger partial charge < -0.3 is 24.6 Å². The predicted octanol–water partition coefficient (Wildman–Crippen LogP) is 6.84. The fourth-order valence-corrected chi connectivity index (χ4v) is 5.26. The third-order valence-corrected chi connectivity index (χ3v) is 8.59. The molecule has 0 saturated heterocycles. The number of hydrogen-bond donors (Lipinski definition) is 2. The first-order valence-electron chi connectivity index (χ1n) is 16.2. The number of carbonyl (C=O) groups is 3. The van der Waals surface area contributed by atoms with Gasteiger partial charge in [-0.3, -0.25) is 9.59 Å². The SMILES string of the molecule is C/C=C/CCCCCCCCCCCCCCC[N+](CCC(C)C(=O)[O-])(CCC(C)C(=O)O)CCC(C)C(=O)O. The molecule has 0 aromatic carbocycles. The Morgan fingerprint density at radius 2 is 0.950 bits per heavy atom. The molecule has 0 rings (SSSR count). The third kappa shape index (κ3) is 20.1. The maximum absolute atomic E-state index is 11.5. The normalized spacial score (nSPS) is 15.5. The highest BCUT2D eigenvalue weighted by atomic mass is 16.4. The lowest BCUT2D eigenvalue weighted by Gasteiger charge is -2.41. The molecule has 40 heavy (non-hydrogen) atoms. The number of rotatable bonds is 28. The van der Waals surface area contributed by atoms with E-state index < -0.39 is 35.7 Å². The van der Waals surface area contributed by atoms with Crippen molar-refractivity contribution in [2.24, 2.45) is 17.8 Å². The predicted molar refractivity (Wildman–Crippen MR) is 161 cm³/mol. The Morgan fingerprint density at radius 1 is 0.600 bits per heavy atom. The second kappa shape index (κ2) is 23.8. The Morgan fingerprint density at radius 3 is 1.30 bits per heavy atom. The van der Waals surface area contributed by atoms with Gasteiger partial charge in [0.2, 0.25) is 0 Å². The minimum absolute atomic E-state index is 0.446. The van der Waals surface area contributed by atoms with Crippen LogP contribution in [0, 0.1) is 17.8 Å². The van der Waals surface area contributed by atoms with Gasteiger partial charge in [0.15, 0.2) is 0 Å². The summed E-state index contributed by atoms with van der Waals surface area (Å²) < 4.78 is 0.585. The summed E-state index contributed by atoms with van der Waals surface area (Å²) in [5.74, 6) is -4.31. The number of hydrogen-bond acceptors (Lipinski definition) is 4. The lowest BCUT2D eigenvalue weighted by Crippen LogP contribution is -2.52. The van der Waals surface area contributed by atoms with E-state index in [9.17, 15) is 29.7 Å². The minimum Gasteiger partial charge on any atom is -0.550 e. The largest absolute Gasteiger partial charge is 0.550 e. The van der Waals surface area contributed by atoms with Crippen molar-refractivity contribution in [3.05, 3.63) is 12.2 Å². The first kappa shape index (κ1) is 38.1. The van der Waals surface area contributed by atoms with Gasteiger partial charge in [-0.05, 0) is 32.6 Å². The molecule has 3 unspecified atom stereocenters. The number of unbranched alkanes of at least 4 members (excludes halogenated alkanes) is 13. The zero-order valence-electron chi connectivity index (χ0n) is 26.2. The van der Waals surface area contributed by atoms with Gasteiger partial charge in [-0.1, -0.05) is 97.1 Å². The van der Waals surface area contributed by atoms with Gasteiger partial charge in [-0.25, -0.2) is 0 Å². The van der Waals surface area contributed by atoms with Crippen molar-refractivity contribution in [2.45, 2.75) is 137 Å². The number of carbonyl (C=O) groups excluding carboxylic acids is 1. The summed E-state index contributed by atoms with van der Waals surface area (Å²) in [5.41, 5.74) is 0. The monoisotopic (exact) mass is 567 g/mol. The van der Waals surface area contributed by atoms with Crippen molar-refractivity contribution in [3.8, 4) is 0 Å². The average molecular weight is 568 g/mol. The van der Waals surface area contributed by atoms with Gasteiger partial charge in [0.1, 0.15) is 0 Å². The van der Waals surface area contributed by atoms with E-state index in [4.69, 9.17) is 0 Å². The molecule has 0 aliphatic rings. The van der Waals surface area contributed by atoms with Crippen LogP contribution in [0.4, 0.5) is 0 Å². The van der Waals surface area contributed by atoms with Gasteiger partial charge >= 0.3 is 11.9 Å². The van der Waals surface area contributed by atoms with Gasteiger partial charge in [0.25, 0.3) is 0 Å². The van der Waals surface area contributed by atoms with Gasteiger partial charge in [0.05, 0.1) is 38.0 Å². The number of aliphatic carboxylic acids is 3. The van der Waals surface area contributed by atoms with Crippen LogP contribution in [0.1, 0.15) is 137 Å². The second-order valence-corrected chi connectivity index (χ2v) is 12.3. The molecular formula is C33H61NO6. The summed E-state index contributed by atoms with van der Waals surface area (Å²) in [7, 11) is 0. The van der Waals surface area contributed by atoms with Crippen LogP contribution in [-0.2, 0) is 14.4 Å². The second-order valence-electron chi connectivity index (χ2n) is 12.3. The molecule has 0 amide bonds. The highest BCUT2D eigenvalue weighted by molar-refractivity contribution is 5.69. The molecule has 0 radical (unpaired) electrons. The van der Waals surface area contributed by atoms with Crippen molar-refractivity contribution in [1.82, 2.24) is 0 Å². The Hall–Kier alpha value is -1.89. The maximum Gasteiger partial charge on any atom is 0.306 e. The number of nitrogens with zero attached hydrogens (tertiary/aromatic N) is 1. The first-order chi connectivity index (χ1) is 19.0. The standard InChI is InChI=1S/C33H61NO6/c1-5-6-7-8-9-10-11-12-13-14-15-16-17-18-19-20-24-34(25-21-28(2)31(35)36,26-22-29(3)32(37)38)27-23-30(4)33(39)40/h5-6,28-30H,7-27H2,1-4H3,(H2-,35,36,37,38,39,40)/b6-5+. The van der Waals surface area contributed by atoms with E-state index >= 15 is 0 Å². The highest BCUT2D eigenvalue weighted by Crippen LogP contribution is 2.22. The molecule has 0 heterocycles. The topological polar surface area (TPSA) is 115 Å². The van der Waals surface area contributed by atoms with Crippen molar-refractivity contribution >= 4 is 17.9 Å². The Bertz CT molecular complexity index is 647. The fourth-order valence-electron chi connectivity index (χ4n) is 5.26. The maximum atomic E-state index is 11.5. The first-order valence-corrected chi connectivity index (χ1v) is 16.2. The number of carboxylic acid groups (broad SMARTS) is 3. The van der Waals surface area contributed by atoms with Crippen molar-refractivity contribution < 1.29 is 34.2 Å². The van der Waals surface area contributed by atoms with Crippen LogP contribution >= 0.6 is 0 Å². The van der Waals surface area contributed by atoms with E-state index in [1.165, 1.54) is 77.0 Å². The van der Waals surface area contributed by atoms with Crippen LogP contribution in [0.3, 0.4) is 0 Å². The van der Waals surface area contributed by atoms with Crippen LogP contribution in [0.15, 0.2) is 12.2 Å². The molecule has 234 valence electrons. The number of carboxylic acids is 3. The molecule has 0 spiro atoms. The Kier molecular flexibility index (Phi) is 22.7. The molecule has 0 bridgehead atoms. The third-order valence-electron chi connectivity index (χ3n) is 8.59. The van der Waals surface area contributed by atoms with Gasteiger partial charge in [-0.15, -0.1) is 0 Å². The molecule has 0 aromatic rings. The molecule has 7 heteroatoms. The van der Waals surface area contributed by atoms with E-state index in [1.54, 1.807) is 20.8 Å². The van der Waals surface area contributed by atoms with Crippen LogP contribution in [0.2, 0.25) is 0 Å². The van der Waals surface area contributed by atoms with Crippen molar-refractivity contribution in [3.63, 3.8) is 0 Å². The van der Waals surface area contributed by atoms with E-state index in [2.05, 4.69) is 19.1 Å². The summed E-state index contributed by atoms with van der Waals surface area (Å²) in [5, 5.41) is 30.2. The minimum atomic E-state index is -1.07. The summed E-state index contributed by atoms with van der Waals surface area (Å²) >= 11 is 0. The Labute approximate surface area is 245 Å². The molecule has 0 aliphatic heterocycles. The molecule has 0 saturated carbocycles. The smallest absolute Gasteiger partial charge is 0.306 e. The molecule has 0 fully saturated rings. The molecule has 3 atom stereocenters. The van der Waals surface area contributed by atoms with Crippen molar-refractivity contribution in [1.29, 1.82) is 0 Å². The molecule has 7 nitrogen and oxygen atoms in total. The fraction of sp³-hybridized carbons (Fsp3) is 0.848. The highest BCUT2D eigenvalue weighted by Gasteiger charge is 2.30. The van der Waals surface area contributed by atoms with E-state index in [1.807, 2.05) is 0 Å². The quantitative estimate of drug-likeness (QED) is 0.0608. The summed E-state index contributed by atoms with van der Waals surface area (Å²) in [6, 6.07) is 0. The van der Waals surface area contributed by atoms with Crippen LogP contribution in [0.5, 0.6) is 0 Å². The van der Waals surface area contributed by atoms with Crippen LogP contribution < -0.4 is 5.11 Å². The zero-order valence-corrected chi connectivity index (χ0v) is 26.2. The lowest BCUT2D eigenvalue weighted by atomic mass is 10.0. The Balaban J connectivity index is 4.61. The van der Waals surface area contributed by atoms with E-state index in [0.29, 0.717) is 43.4 Å². The number of allylic oxidation sites excluding steroid dienone is 2. The van der Waals surface area contributed by atoms with E-state index in [0.717, 1.165) is 19.4 Å². The zero-order chi connectivity index (χ0) is 30.2. The molecule has 0 aromatic heterocycles. The molecular weight excluding hydrogens is 506 g/mol. The van der Waals surface area contributed by atoms with Gasteiger partial charge in [-0.2, -0.15) is 0 Å². The van der Waals surface area contributed by atoms with Crippen LogP contribution in [-0.4, -0.2) is 58.8 Å². The lowest BCUT2D eigenvalue weighted by molar-refractivity contribution is -0.929. The molecule has 2 N–H and O–H groups in total. The number of quaternary nitrogens is 1. The van der Waals surface area contributed by atoms with Gasteiger partial charge in [0, 0.05) is 31.1 Å². The average Bonchev–Trinajstić information content (AvgIpc) is 2.92. The van der Waals surface area contributed by atoms with Crippen molar-refractivity contribution in [2.75, 3.05) is 26.2 Å². The summed E-state index contributed by atoms with van der Waals surface area (Å²) in [6.45, 7) is 9.80. The molecule has 0 aliphatic carbocycles.